The maximum atomic E-state index is 3.43. The van der Waals surface area contributed by atoms with Gasteiger partial charge in [-0.1, -0.05) is 173 Å². The summed E-state index contributed by atoms with van der Waals surface area (Å²) in [7, 11) is 0. The van der Waals surface area contributed by atoms with Gasteiger partial charge in [-0.15, -0.1) is 17.4 Å². The van der Waals surface area contributed by atoms with Gasteiger partial charge in [0.05, 0.1) is 0 Å². The zero-order valence-corrected chi connectivity index (χ0v) is 40.9. The van der Waals surface area contributed by atoms with Gasteiger partial charge in [0.15, 0.2) is 0 Å². The zero-order chi connectivity index (χ0) is 42.6. The Morgan fingerprint density at radius 1 is 0.690 bits per heavy atom. The van der Waals surface area contributed by atoms with Crippen LogP contribution < -0.4 is 0 Å². The fraction of sp³-hybridized carbons (Fsp3) is 0.474. The van der Waals surface area contributed by atoms with Crippen LogP contribution >= 0.6 is 0 Å². The molecule has 9 unspecified atom stereocenters. The first-order chi connectivity index (χ1) is 27.1. The summed E-state index contributed by atoms with van der Waals surface area (Å²) in [5.41, 5.74) is 8.80. The van der Waals surface area contributed by atoms with Crippen LogP contribution in [0.1, 0.15) is 125 Å². The van der Waals surface area contributed by atoms with Gasteiger partial charge in [0, 0.05) is 10.8 Å². The molecule has 2 fully saturated rings. The standard InChI is InChI=1S/C29H37.C15H14.C13H21.Zr/c1-21-14-13-15-22-20-27(6)25(4)18-10-9-16-23(25,2)24(3)17-11-12-19-26(24,5)29(27,8)28(21,22)7;1-12-3-7-14(8-4-12)11-15-9-5-13(2)6-10-15;1-5-6-7-11-8-9-12(10-11)13(2,3)4;/h9-20,22H,1-8H3;3-10H,1-2H3;9-11H,5-7H2,1-4H3;/q-1;;-1;+2. The first-order valence-electron chi connectivity index (χ1n) is 22.1. The summed E-state index contributed by atoms with van der Waals surface area (Å²) in [4.78, 5) is 0. The molecular formula is C57H72Zr. The van der Waals surface area contributed by atoms with Crippen molar-refractivity contribution < 1.29 is 24.2 Å². The Morgan fingerprint density at radius 3 is 1.66 bits per heavy atom. The number of rotatable bonds is 5. The fourth-order valence-corrected chi connectivity index (χ4v) is 13.2. The number of benzene rings is 2. The molecule has 0 nitrogen and oxygen atoms in total. The summed E-state index contributed by atoms with van der Waals surface area (Å²) >= 11 is 1.46. The molecule has 1 heteroatoms. The van der Waals surface area contributed by atoms with Gasteiger partial charge in [-0.3, -0.25) is 6.08 Å². The molecule has 9 atom stereocenters. The number of hydrogen-bond donors (Lipinski definition) is 0. The van der Waals surface area contributed by atoms with E-state index in [-0.39, 0.29) is 37.9 Å². The Bertz CT molecular complexity index is 2070. The molecule has 0 radical (unpaired) electrons. The molecule has 6 aliphatic carbocycles. The quantitative estimate of drug-likeness (QED) is 0.263. The van der Waals surface area contributed by atoms with Crippen molar-refractivity contribution in [1.29, 1.82) is 0 Å². The minimum absolute atomic E-state index is 0.00615. The number of hydrogen-bond acceptors (Lipinski definition) is 0. The third kappa shape index (κ3) is 6.58. The first kappa shape index (κ1) is 44.7. The maximum absolute atomic E-state index is 3.43. The van der Waals surface area contributed by atoms with Gasteiger partial charge in [0.1, 0.15) is 0 Å². The van der Waals surface area contributed by atoms with Crippen molar-refractivity contribution in [3.63, 3.8) is 0 Å². The predicted octanol–water partition coefficient (Wildman–Crippen LogP) is 15.2. The van der Waals surface area contributed by atoms with E-state index in [1.54, 1.807) is 0 Å². The fourth-order valence-electron chi connectivity index (χ4n) is 12.4. The van der Waals surface area contributed by atoms with E-state index in [4.69, 9.17) is 0 Å². The Morgan fingerprint density at radius 2 is 1.17 bits per heavy atom. The SMILES string of the molecule is CC1=CC=CC2[CH-]C3(C)C4(C)C=CC=CC4(C)C4(C)C=CC=CC4(C)C3(C)C12C.CCCCC1[C-]=CC(C(C)(C)C)=C1.Cc1ccc([C](=[Zr+2])c2ccc(C)cc2)cc1. The Labute approximate surface area is 369 Å². The molecular weight excluding hydrogens is 776 g/mol. The zero-order valence-electron chi connectivity index (χ0n) is 38.5. The van der Waals surface area contributed by atoms with E-state index in [9.17, 15) is 0 Å². The summed E-state index contributed by atoms with van der Waals surface area (Å²) in [5, 5.41) is 0. The second-order valence-corrected chi connectivity index (χ2v) is 22.0. The van der Waals surface area contributed by atoms with Crippen molar-refractivity contribution in [2.24, 2.45) is 55.2 Å². The molecule has 0 amide bonds. The number of fused-ring (bicyclic) bond motifs is 8. The van der Waals surface area contributed by atoms with Crippen molar-refractivity contribution in [1.82, 2.24) is 0 Å². The van der Waals surface area contributed by atoms with Crippen molar-refractivity contribution in [3.05, 3.63) is 173 Å². The Balaban J connectivity index is 0.000000165. The third-order valence-corrected chi connectivity index (χ3v) is 18.7. The third-order valence-electron chi connectivity index (χ3n) is 17.3. The second kappa shape index (κ2) is 15.9. The summed E-state index contributed by atoms with van der Waals surface area (Å²) in [6.07, 6.45) is 41.1. The van der Waals surface area contributed by atoms with Crippen molar-refractivity contribution in [2.75, 3.05) is 0 Å². The van der Waals surface area contributed by atoms with Gasteiger partial charge >= 0.3 is 112 Å². The van der Waals surface area contributed by atoms with Gasteiger partial charge in [-0.2, -0.15) is 11.6 Å². The van der Waals surface area contributed by atoms with E-state index in [0.717, 1.165) is 0 Å². The average molecular weight is 848 g/mol. The molecule has 304 valence electrons. The van der Waals surface area contributed by atoms with E-state index >= 15 is 0 Å². The van der Waals surface area contributed by atoms with Crippen LogP contribution in [0, 0.1) is 81.5 Å². The Hall–Kier alpha value is -2.89. The molecule has 2 saturated carbocycles. The number of aryl methyl sites for hydroxylation is 2. The van der Waals surface area contributed by atoms with Crippen LogP contribution in [0.5, 0.6) is 0 Å². The van der Waals surface area contributed by atoms with Crippen LogP contribution in [-0.2, 0) is 24.2 Å². The molecule has 0 spiro atoms. The number of allylic oxidation sites excluding steroid dienone is 16. The van der Waals surface area contributed by atoms with E-state index in [0.29, 0.717) is 17.3 Å². The molecule has 58 heavy (non-hydrogen) atoms. The summed E-state index contributed by atoms with van der Waals surface area (Å²) < 4.78 is 1.42. The van der Waals surface area contributed by atoms with Gasteiger partial charge in [-0.05, 0) is 28.6 Å². The molecule has 0 bridgehead atoms. The molecule has 0 aliphatic heterocycles. The molecule has 2 aromatic carbocycles. The van der Waals surface area contributed by atoms with Crippen LogP contribution in [0.15, 0.2) is 139 Å². The summed E-state index contributed by atoms with van der Waals surface area (Å²) in [5.74, 6) is 1.05. The number of unbranched alkanes of at least 4 members (excludes halogenated alkanes) is 1. The molecule has 6 aliphatic rings. The average Bonchev–Trinajstić information content (AvgIpc) is 3.75. The second-order valence-electron chi connectivity index (χ2n) is 20.7. The monoisotopic (exact) mass is 846 g/mol. The molecule has 0 heterocycles. The van der Waals surface area contributed by atoms with Gasteiger partial charge in [-0.25, -0.2) is 6.08 Å². The van der Waals surface area contributed by atoms with Gasteiger partial charge in [0.2, 0.25) is 0 Å². The minimum atomic E-state index is 0.00615. The molecule has 2 aromatic rings. The van der Waals surface area contributed by atoms with E-state index in [1.807, 2.05) is 0 Å². The molecule has 0 N–H and O–H groups in total. The van der Waals surface area contributed by atoms with Gasteiger partial charge < -0.3 is 6.42 Å². The molecule has 8 rings (SSSR count). The summed E-state index contributed by atoms with van der Waals surface area (Å²) in [6.45, 7) is 33.6. The van der Waals surface area contributed by atoms with Crippen molar-refractivity contribution in [2.45, 2.75) is 116 Å². The van der Waals surface area contributed by atoms with E-state index in [1.165, 1.54) is 80.1 Å². The molecule has 0 aromatic heterocycles. The van der Waals surface area contributed by atoms with Crippen LogP contribution in [0.3, 0.4) is 0 Å². The topological polar surface area (TPSA) is 0 Å². The van der Waals surface area contributed by atoms with Crippen LogP contribution in [0.4, 0.5) is 0 Å². The molecule has 0 saturated heterocycles. The van der Waals surface area contributed by atoms with Crippen molar-refractivity contribution in [3.8, 4) is 0 Å². The normalized spacial score (nSPS) is 37.3. The summed E-state index contributed by atoms with van der Waals surface area (Å²) in [6, 6.07) is 17.5. The van der Waals surface area contributed by atoms with Crippen molar-refractivity contribution >= 4 is 3.21 Å². The van der Waals surface area contributed by atoms with E-state index < -0.39 is 0 Å². The van der Waals surface area contributed by atoms with E-state index in [2.05, 4.69) is 237 Å². The van der Waals surface area contributed by atoms with Crippen LogP contribution in [0.25, 0.3) is 0 Å². The Kier molecular flexibility index (Phi) is 12.2. The predicted molar refractivity (Wildman–Crippen MR) is 248 cm³/mol. The van der Waals surface area contributed by atoms with Crippen LogP contribution in [-0.4, -0.2) is 3.21 Å². The first-order valence-corrected chi connectivity index (χ1v) is 23.3. The van der Waals surface area contributed by atoms with Gasteiger partial charge in [0.25, 0.3) is 0 Å². The van der Waals surface area contributed by atoms with Crippen LogP contribution in [0.2, 0.25) is 0 Å².